The standard InChI is InChI=1S/C11H16N4S/c1-15(2)10-6-4-9(5-7-10)8-13-11(14-12)16-3/h4-8H,12H2,1-3H3/b13-8+,14-11-. The van der Waals surface area contributed by atoms with E-state index in [1.807, 2.05) is 44.6 Å². The van der Waals surface area contributed by atoms with Crippen molar-refractivity contribution in [1.82, 2.24) is 0 Å². The van der Waals surface area contributed by atoms with Gasteiger partial charge in [-0.1, -0.05) is 23.9 Å². The van der Waals surface area contributed by atoms with Crippen LogP contribution >= 0.6 is 11.8 Å². The Balaban J connectivity index is 2.76. The highest BCUT2D eigenvalue weighted by Gasteiger charge is 1.95. The van der Waals surface area contributed by atoms with Crippen LogP contribution in [-0.2, 0) is 0 Å². The van der Waals surface area contributed by atoms with Crippen LogP contribution in [0.4, 0.5) is 5.69 Å². The summed E-state index contributed by atoms with van der Waals surface area (Å²) in [6.45, 7) is 0. The summed E-state index contributed by atoms with van der Waals surface area (Å²) in [7, 11) is 4.02. The van der Waals surface area contributed by atoms with Gasteiger partial charge in [0.1, 0.15) is 0 Å². The van der Waals surface area contributed by atoms with Gasteiger partial charge in [0.25, 0.3) is 0 Å². The Labute approximate surface area is 100 Å². The summed E-state index contributed by atoms with van der Waals surface area (Å²) in [4.78, 5) is 6.21. The van der Waals surface area contributed by atoms with E-state index >= 15 is 0 Å². The van der Waals surface area contributed by atoms with Crippen LogP contribution in [0.3, 0.4) is 0 Å². The predicted octanol–water partition coefficient (Wildman–Crippen LogP) is 1.76. The molecule has 0 spiro atoms. The van der Waals surface area contributed by atoms with Gasteiger partial charge in [0.05, 0.1) is 0 Å². The molecule has 0 aromatic heterocycles. The fourth-order valence-electron chi connectivity index (χ4n) is 1.13. The number of nitrogens with zero attached hydrogens (tertiary/aromatic N) is 3. The van der Waals surface area contributed by atoms with Gasteiger partial charge < -0.3 is 10.7 Å². The number of hydrogen-bond donors (Lipinski definition) is 1. The smallest absolute Gasteiger partial charge is 0.205 e. The summed E-state index contributed by atoms with van der Waals surface area (Å²) < 4.78 is 0. The Morgan fingerprint density at radius 3 is 2.38 bits per heavy atom. The minimum absolute atomic E-state index is 0.566. The predicted molar refractivity (Wildman–Crippen MR) is 73.5 cm³/mol. The van der Waals surface area contributed by atoms with Crippen molar-refractivity contribution in [3.63, 3.8) is 0 Å². The lowest BCUT2D eigenvalue weighted by atomic mass is 10.2. The number of rotatable bonds is 2. The molecule has 0 saturated carbocycles. The Morgan fingerprint density at radius 1 is 1.31 bits per heavy atom. The molecule has 1 aromatic carbocycles. The molecule has 86 valence electrons. The van der Waals surface area contributed by atoms with Gasteiger partial charge in [0.2, 0.25) is 5.17 Å². The minimum Gasteiger partial charge on any atom is -0.378 e. The van der Waals surface area contributed by atoms with Crippen molar-refractivity contribution in [2.45, 2.75) is 0 Å². The summed E-state index contributed by atoms with van der Waals surface area (Å²) in [5.41, 5.74) is 2.19. The van der Waals surface area contributed by atoms with Gasteiger partial charge >= 0.3 is 0 Å². The Hall–Kier alpha value is -1.49. The van der Waals surface area contributed by atoms with Crippen molar-refractivity contribution >= 4 is 28.8 Å². The Kier molecular flexibility index (Phi) is 4.85. The van der Waals surface area contributed by atoms with Crippen LogP contribution in [0.25, 0.3) is 0 Å². The first-order valence-electron chi connectivity index (χ1n) is 4.80. The van der Waals surface area contributed by atoms with E-state index in [9.17, 15) is 0 Å². The number of anilines is 1. The van der Waals surface area contributed by atoms with E-state index in [-0.39, 0.29) is 0 Å². The zero-order chi connectivity index (χ0) is 12.0. The van der Waals surface area contributed by atoms with Gasteiger partial charge in [-0.3, -0.25) is 0 Å². The molecular formula is C11H16N4S. The number of thioether (sulfide) groups is 1. The third kappa shape index (κ3) is 3.58. The molecule has 0 aliphatic carbocycles. The van der Waals surface area contributed by atoms with E-state index < -0.39 is 0 Å². The van der Waals surface area contributed by atoms with Gasteiger partial charge in [0, 0.05) is 26.0 Å². The fraction of sp³-hybridized carbons (Fsp3) is 0.273. The molecule has 0 aliphatic rings. The molecule has 0 unspecified atom stereocenters. The van der Waals surface area contributed by atoms with E-state index in [4.69, 9.17) is 5.84 Å². The first-order chi connectivity index (χ1) is 7.67. The van der Waals surface area contributed by atoms with Crippen LogP contribution in [0, 0.1) is 0 Å². The highest BCUT2D eigenvalue weighted by atomic mass is 32.2. The van der Waals surface area contributed by atoms with Gasteiger partial charge in [0.15, 0.2) is 0 Å². The lowest BCUT2D eigenvalue weighted by Crippen LogP contribution is -2.08. The highest BCUT2D eigenvalue weighted by molar-refractivity contribution is 8.13. The summed E-state index contributed by atoms with van der Waals surface area (Å²) in [6, 6.07) is 8.10. The molecule has 0 heterocycles. The SMILES string of the molecule is CSC(=N\N)/N=C/c1ccc(N(C)C)cc1. The van der Waals surface area contributed by atoms with Crippen molar-refractivity contribution in [2.75, 3.05) is 25.3 Å². The average molecular weight is 236 g/mol. The van der Waals surface area contributed by atoms with E-state index in [2.05, 4.69) is 15.0 Å². The monoisotopic (exact) mass is 236 g/mol. The van der Waals surface area contributed by atoms with E-state index in [0.29, 0.717) is 5.17 Å². The molecule has 0 aliphatic heterocycles. The Morgan fingerprint density at radius 2 is 1.94 bits per heavy atom. The lowest BCUT2D eigenvalue weighted by Gasteiger charge is -2.11. The zero-order valence-electron chi connectivity index (χ0n) is 9.71. The summed E-state index contributed by atoms with van der Waals surface area (Å²) >= 11 is 1.42. The van der Waals surface area contributed by atoms with Gasteiger partial charge in [-0.15, -0.1) is 0 Å². The second-order valence-electron chi connectivity index (χ2n) is 3.36. The second kappa shape index (κ2) is 6.17. The number of hydrazone groups is 1. The topological polar surface area (TPSA) is 54.0 Å². The highest BCUT2D eigenvalue weighted by Crippen LogP contribution is 2.11. The van der Waals surface area contributed by atoms with Gasteiger partial charge in [-0.2, -0.15) is 5.10 Å². The molecule has 0 saturated heterocycles. The van der Waals surface area contributed by atoms with Crippen molar-refractivity contribution in [3.8, 4) is 0 Å². The number of nitrogens with two attached hydrogens (primary N) is 1. The molecule has 2 N–H and O–H groups in total. The maximum absolute atomic E-state index is 5.16. The number of hydrogen-bond acceptors (Lipinski definition) is 4. The van der Waals surface area contributed by atoms with Crippen LogP contribution in [0.2, 0.25) is 0 Å². The van der Waals surface area contributed by atoms with E-state index in [1.165, 1.54) is 11.8 Å². The van der Waals surface area contributed by atoms with Crippen LogP contribution < -0.4 is 10.7 Å². The molecule has 0 radical (unpaired) electrons. The van der Waals surface area contributed by atoms with Crippen LogP contribution in [0.15, 0.2) is 34.4 Å². The molecule has 0 amide bonds. The average Bonchev–Trinajstić information content (AvgIpc) is 2.31. The molecular weight excluding hydrogens is 220 g/mol. The molecule has 5 heteroatoms. The van der Waals surface area contributed by atoms with Gasteiger partial charge in [-0.25, -0.2) is 4.99 Å². The van der Waals surface area contributed by atoms with Crippen LogP contribution in [0.5, 0.6) is 0 Å². The summed E-state index contributed by atoms with van der Waals surface area (Å²) in [6.07, 6.45) is 3.64. The third-order valence-corrected chi connectivity index (χ3v) is 2.60. The maximum atomic E-state index is 5.16. The minimum atomic E-state index is 0.566. The summed E-state index contributed by atoms with van der Waals surface area (Å²) in [5, 5.41) is 4.11. The van der Waals surface area contributed by atoms with Crippen LogP contribution in [0.1, 0.15) is 5.56 Å². The molecule has 0 atom stereocenters. The number of aliphatic imine (C=N–C) groups is 1. The normalized spacial score (nSPS) is 12.1. The zero-order valence-corrected chi connectivity index (χ0v) is 10.5. The molecule has 1 aromatic rings. The molecule has 4 nitrogen and oxygen atoms in total. The van der Waals surface area contributed by atoms with Gasteiger partial charge in [-0.05, 0) is 24.0 Å². The maximum Gasteiger partial charge on any atom is 0.205 e. The van der Waals surface area contributed by atoms with Crippen molar-refractivity contribution in [2.24, 2.45) is 15.9 Å². The van der Waals surface area contributed by atoms with Crippen molar-refractivity contribution in [3.05, 3.63) is 29.8 Å². The summed E-state index contributed by atoms with van der Waals surface area (Å²) in [5.74, 6) is 5.16. The van der Waals surface area contributed by atoms with E-state index in [1.54, 1.807) is 6.21 Å². The quantitative estimate of drug-likeness (QED) is 0.368. The van der Waals surface area contributed by atoms with Crippen LogP contribution in [-0.4, -0.2) is 31.7 Å². The molecule has 16 heavy (non-hydrogen) atoms. The fourth-order valence-corrected chi connectivity index (χ4v) is 1.39. The lowest BCUT2D eigenvalue weighted by molar-refractivity contribution is 1.13. The number of benzene rings is 1. The largest absolute Gasteiger partial charge is 0.378 e. The first-order valence-corrected chi connectivity index (χ1v) is 6.03. The van der Waals surface area contributed by atoms with Crippen molar-refractivity contribution in [1.29, 1.82) is 0 Å². The molecule has 0 bridgehead atoms. The Bertz CT molecular complexity index is 381. The third-order valence-electron chi connectivity index (χ3n) is 2.03. The molecule has 0 fully saturated rings. The first kappa shape index (κ1) is 12.6. The van der Waals surface area contributed by atoms with E-state index in [0.717, 1.165) is 11.3 Å². The number of amidine groups is 1. The van der Waals surface area contributed by atoms with Crippen molar-refractivity contribution < 1.29 is 0 Å². The molecule has 1 rings (SSSR count). The second-order valence-corrected chi connectivity index (χ2v) is 4.13.